The highest BCUT2D eigenvalue weighted by molar-refractivity contribution is 6.30. The Bertz CT molecular complexity index is 954. The van der Waals surface area contributed by atoms with Gasteiger partial charge in [-0.3, -0.25) is 0 Å². The molecular weight excluding hydrogens is 368 g/mol. The summed E-state index contributed by atoms with van der Waals surface area (Å²) in [7, 11) is 1.61. The normalized spacial score (nSPS) is 11.1. The number of rotatable bonds is 7. The molecule has 0 radical (unpaired) electrons. The zero-order valence-corrected chi connectivity index (χ0v) is 16.3. The smallest absolute Gasteiger partial charge is 0.360 e. The van der Waals surface area contributed by atoms with Crippen LogP contribution in [0.15, 0.2) is 24.3 Å². The van der Waals surface area contributed by atoms with Gasteiger partial charge in [0.05, 0.1) is 30.2 Å². The molecule has 0 amide bonds. The standard InChI is InChI=1S/C19H21ClN4O3/c1-4-6-15-17(19(25)27-5-2)21-22-18-16(12-7-9-13(20)10-8-12)14(11-26-3)23-24(15)18/h7-10H,4-6,11H2,1-3H3. The van der Waals surface area contributed by atoms with Crippen molar-refractivity contribution < 1.29 is 14.3 Å². The summed E-state index contributed by atoms with van der Waals surface area (Å²) in [5.41, 5.74) is 3.88. The lowest BCUT2D eigenvalue weighted by Gasteiger charge is -2.08. The molecule has 0 unspecified atom stereocenters. The second-order valence-electron chi connectivity index (χ2n) is 5.96. The quantitative estimate of drug-likeness (QED) is 0.574. The molecule has 0 aliphatic rings. The van der Waals surface area contributed by atoms with Crippen molar-refractivity contribution in [2.24, 2.45) is 0 Å². The molecule has 0 N–H and O–H groups in total. The Morgan fingerprint density at radius 2 is 1.93 bits per heavy atom. The number of esters is 1. The number of nitrogens with zero attached hydrogens (tertiary/aromatic N) is 4. The van der Waals surface area contributed by atoms with Crippen LogP contribution in [0.3, 0.4) is 0 Å². The van der Waals surface area contributed by atoms with Gasteiger partial charge >= 0.3 is 5.97 Å². The molecule has 0 spiro atoms. The van der Waals surface area contributed by atoms with E-state index in [4.69, 9.17) is 21.1 Å². The number of hydrogen-bond acceptors (Lipinski definition) is 6. The van der Waals surface area contributed by atoms with Crippen molar-refractivity contribution in [3.8, 4) is 11.1 Å². The molecule has 0 aliphatic heterocycles. The van der Waals surface area contributed by atoms with Gasteiger partial charge in [-0.1, -0.05) is 37.1 Å². The highest BCUT2D eigenvalue weighted by Gasteiger charge is 2.24. The number of methoxy groups -OCH3 is 1. The first-order chi connectivity index (χ1) is 13.1. The fraction of sp³-hybridized carbons (Fsp3) is 0.368. The SMILES string of the molecule is CCCc1c(C(=O)OCC)nnc2c(-c3ccc(Cl)cc3)c(COC)nn12. The van der Waals surface area contributed by atoms with Gasteiger partial charge in [-0.2, -0.15) is 5.10 Å². The maximum Gasteiger partial charge on any atom is 0.360 e. The van der Waals surface area contributed by atoms with Crippen LogP contribution in [-0.4, -0.2) is 39.5 Å². The van der Waals surface area contributed by atoms with Crippen LogP contribution in [-0.2, 0) is 22.5 Å². The summed E-state index contributed by atoms with van der Waals surface area (Å²) < 4.78 is 12.1. The van der Waals surface area contributed by atoms with Crippen molar-refractivity contribution in [3.63, 3.8) is 0 Å². The number of carbonyl (C=O) groups excluding carboxylic acids is 1. The minimum absolute atomic E-state index is 0.195. The van der Waals surface area contributed by atoms with Crippen LogP contribution in [0, 0.1) is 0 Å². The van der Waals surface area contributed by atoms with Gasteiger partial charge in [-0.15, -0.1) is 10.2 Å². The van der Waals surface area contributed by atoms with Crippen molar-refractivity contribution in [2.75, 3.05) is 13.7 Å². The predicted octanol–water partition coefficient (Wildman–Crippen LogP) is 3.72. The number of carbonyl (C=O) groups is 1. The van der Waals surface area contributed by atoms with E-state index >= 15 is 0 Å². The maximum absolute atomic E-state index is 12.3. The van der Waals surface area contributed by atoms with Crippen LogP contribution in [0.4, 0.5) is 0 Å². The lowest BCUT2D eigenvalue weighted by molar-refractivity contribution is 0.0515. The summed E-state index contributed by atoms with van der Waals surface area (Å²) in [6.07, 6.45) is 1.44. The number of aromatic nitrogens is 4. The van der Waals surface area contributed by atoms with Crippen molar-refractivity contribution in [1.82, 2.24) is 19.8 Å². The van der Waals surface area contributed by atoms with E-state index in [1.54, 1.807) is 18.5 Å². The molecular formula is C19H21ClN4O3. The van der Waals surface area contributed by atoms with E-state index in [1.807, 2.05) is 31.2 Å². The van der Waals surface area contributed by atoms with Gasteiger partial charge in [0.1, 0.15) is 0 Å². The first-order valence-corrected chi connectivity index (χ1v) is 9.17. The molecule has 0 bridgehead atoms. The van der Waals surface area contributed by atoms with Crippen LogP contribution in [0.25, 0.3) is 16.8 Å². The van der Waals surface area contributed by atoms with E-state index in [-0.39, 0.29) is 12.3 Å². The van der Waals surface area contributed by atoms with Crippen molar-refractivity contribution in [3.05, 3.63) is 46.4 Å². The molecule has 2 aromatic heterocycles. The monoisotopic (exact) mass is 388 g/mol. The third kappa shape index (κ3) is 3.79. The molecule has 8 heteroatoms. The molecule has 142 valence electrons. The molecule has 7 nitrogen and oxygen atoms in total. The largest absolute Gasteiger partial charge is 0.461 e. The fourth-order valence-electron chi connectivity index (χ4n) is 2.96. The Kier molecular flexibility index (Phi) is 6.03. The van der Waals surface area contributed by atoms with E-state index in [1.165, 1.54) is 0 Å². The lowest BCUT2D eigenvalue weighted by atomic mass is 10.1. The van der Waals surface area contributed by atoms with E-state index in [2.05, 4.69) is 15.3 Å². The molecule has 0 saturated carbocycles. The van der Waals surface area contributed by atoms with Crippen LogP contribution in [0.5, 0.6) is 0 Å². The molecule has 0 saturated heterocycles. The molecule has 0 aliphatic carbocycles. The summed E-state index contributed by atoms with van der Waals surface area (Å²) in [6, 6.07) is 7.42. The van der Waals surface area contributed by atoms with Gasteiger partial charge in [0.2, 0.25) is 0 Å². The van der Waals surface area contributed by atoms with Crippen LogP contribution in [0.2, 0.25) is 5.02 Å². The van der Waals surface area contributed by atoms with E-state index in [9.17, 15) is 4.79 Å². The number of hydrogen-bond donors (Lipinski definition) is 0. The van der Waals surface area contributed by atoms with Crippen molar-refractivity contribution in [1.29, 1.82) is 0 Å². The predicted molar refractivity (Wildman–Crippen MR) is 102 cm³/mol. The first kappa shape index (κ1) is 19.3. The van der Waals surface area contributed by atoms with E-state index in [0.29, 0.717) is 35.1 Å². The summed E-state index contributed by atoms with van der Waals surface area (Å²) in [4.78, 5) is 12.3. The molecule has 0 atom stereocenters. The first-order valence-electron chi connectivity index (χ1n) is 8.79. The lowest BCUT2D eigenvalue weighted by Crippen LogP contribution is -2.16. The Balaban J connectivity index is 2.26. The molecule has 1 aromatic carbocycles. The highest BCUT2D eigenvalue weighted by atomic mass is 35.5. The Labute approximate surface area is 162 Å². The fourth-order valence-corrected chi connectivity index (χ4v) is 3.08. The van der Waals surface area contributed by atoms with Crippen molar-refractivity contribution >= 4 is 23.2 Å². The number of ether oxygens (including phenoxy) is 2. The minimum atomic E-state index is -0.493. The van der Waals surface area contributed by atoms with Gasteiger partial charge in [0, 0.05) is 12.1 Å². The number of fused-ring (bicyclic) bond motifs is 1. The summed E-state index contributed by atoms with van der Waals surface area (Å²) in [5, 5.41) is 13.8. The van der Waals surface area contributed by atoms with Gasteiger partial charge in [-0.05, 0) is 31.0 Å². The summed E-state index contributed by atoms with van der Waals surface area (Å²) in [6.45, 7) is 4.36. The van der Waals surface area contributed by atoms with Crippen LogP contribution in [0.1, 0.15) is 42.1 Å². The minimum Gasteiger partial charge on any atom is -0.461 e. The van der Waals surface area contributed by atoms with Gasteiger partial charge in [0.15, 0.2) is 11.3 Å². The van der Waals surface area contributed by atoms with Crippen LogP contribution >= 0.6 is 11.6 Å². The average Bonchev–Trinajstić information content (AvgIpc) is 3.02. The van der Waals surface area contributed by atoms with Crippen LogP contribution < -0.4 is 0 Å². The molecule has 3 rings (SSSR count). The number of aryl methyl sites for hydroxylation is 1. The van der Waals surface area contributed by atoms with Crippen molar-refractivity contribution in [2.45, 2.75) is 33.3 Å². The molecule has 27 heavy (non-hydrogen) atoms. The Morgan fingerprint density at radius 3 is 2.56 bits per heavy atom. The van der Waals surface area contributed by atoms with Gasteiger partial charge in [-0.25, -0.2) is 9.31 Å². The zero-order valence-electron chi connectivity index (χ0n) is 15.5. The second-order valence-corrected chi connectivity index (χ2v) is 6.40. The van der Waals surface area contributed by atoms with Gasteiger partial charge < -0.3 is 9.47 Å². The Morgan fingerprint density at radius 1 is 1.19 bits per heavy atom. The molecule has 3 aromatic rings. The average molecular weight is 389 g/mol. The summed E-state index contributed by atoms with van der Waals surface area (Å²) >= 11 is 6.02. The van der Waals surface area contributed by atoms with Gasteiger partial charge in [0.25, 0.3) is 0 Å². The van der Waals surface area contributed by atoms with E-state index in [0.717, 1.165) is 17.5 Å². The third-order valence-corrected chi connectivity index (χ3v) is 4.33. The second kappa shape index (κ2) is 8.45. The maximum atomic E-state index is 12.3. The number of halogens is 1. The molecule has 2 heterocycles. The highest BCUT2D eigenvalue weighted by Crippen LogP contribution is 2.30. The number of benzene rings is 1. The van der Waals surface area contributed by atoms with E-state index < -0.39 is 5.97 Å². The zero-order chi connectivity index (χ0) is 19.4. The molecule has 0 fully saturated rings. The summed E-state index contributed by atoms with van der Waals surface area (Å²) in [5.74, 6) is -0.493. The third-order valence-electron chi connectivity index (χ3n) is 4.08. The topological polar surface area (TPSA) is 78.6 Å². The Hall–Kier alpha value is -2.51.